The predicted molar refractivity (Wildman–Crippen MR) is 65.5 cm³/mol. The van der Waals surface area contributed by atoms with Gasteiger partial charge in [-0.05, 0) is 18.2 Å². The first-order valence-corrected chi connectivity index (χ1v) is 5.94. The third kappa shape index (κ3) is 4.17. The second kappa shape index (κ2) is 6.96. The molecule has 0 saturated heterocycles. The first-order chi connectivity index (χ1) is 7.67. The highest BCUT2D eigenvalue weighted by molar-refractivity contribution is 9.10. The molecule has 5 heteroatoms. The van der Waals surface area contributed by atoms with Crippen LogP contribution in [-0.2, 0) is 6.54 Å². The molecule has 0 atom stereocenters. The molecule has 0 radical (unpaired) electrons. The van der Waals surface area contributed by atoms with Crippen molar-refractivity contribution < 1.29 is 9.50 Å². The van der Waals surface area contributed by atoms with Gasteiger partial charge in [-0.25, -0.2) is 4.39 Å². The fraction of sp³-hybridized carbons (Fsp3) is 0.455. The third-order valence-corrected chi connectivity index (χ3v) is 2.76. The summed E-state index contributed by atoms with van der Waals surface area (Å²) in [7, 11) is 0. The minimum Gasteiger partial charge on any atom is -0.395 e. The molecule has 0 amide bonds. The molecule has 1 aromatic rings. The van der Waals surface area contributed by atoms with E-state index in [9.17, 15) is 4.39 Å². The quantitative estimate of drug-likeness (QED) is 0.831. The third-order valence-electron chi connectivity index (χ3n) is 2.26. The summed E-state index contributed by atoms with van der Waals surface area (Å²) in [4.78, 5) is 1.92. The lowest BCUT2D eigenvalue weighted by atomic mass is 10.2. The molecule has 0 unspecified atom stereocenters. The maximum absolute atomic E-state index is 13.5. The van der Waals surface area contributed by atoms with Crippen LogP contribution in [0.15, 0.2) is 22.7 Å². The minimum absolute atomic E-state index is 0.0512. The topological polar surface area (TPSA) is 49.5 Å². The van der Waals surface area contributed by atoms with E-state index < -0.39 is 0 Å². The normalized spacial score (nSPS) is 11.1. The molecule has 0 aliphatic carbocycles. The molecule has 0 aromatic heterocycles. The minimum atomic E-state index is -0.233. The van der Waals surface area contributed by atoms with Gasteiger partial charge in [-0.2, -0.15) is 0 Å². The highest BCUT2D eigenvalue weighted by Gasteiger charge is 2.08. The zero-order chi connectivity index (χ0) is 12.0. The van der Waals surface area contributed by atoms with E-state index in [4.69, 9.17) is 10.8 Å². The average Bonchev–Trinajstić information content (AvgIpc) is 2.24. The largest absolute Gasteiger partial charge is 0.395 e. The van der Waals surface area contributed by atoms with Gasteiger partial charge in [-0.1, -0.05) is 15.9 Å². The Balaban J connectivity index is 2.71. The van der Waals surface area contributed by atoms with Crippen LogP contribution in [0, 0.1) is 5.82 Å². The number of nitrogens with zero attached hydrogens (tertiary/aromatic N) is 1. The standard InChI is InChI=1S/C11H16BrFN2O/c12-10-1-2-11(13)9(7-10)8-15(4-3-14)5-6-16/h1-2,7,16H,3-6,8,14H2. The maximum atomic E-state index is 13.5. The number of rotatable bonds is 6. The predicted octanol–water partition coefficient (Wildman–Crippen LogP) is 1.34. The Morgan fingerprint density at radius 2 is 2.12 bits per heavy atom. The molecule has 90 valence electrons. The Kier molecular flexibility index (Phi) is 5.90. The Labute approximate surface area is 103 Å². The summed E-state index contributed by atoms with van der Waals surface area (Å²) < 4.78 is 14.3. The smallest absolute Gasteiger partial charge is 0.127 e. The highest BCUT2D eigenvalue weighted by atomic mass is 79.9. The van der Waals surface area contributed by atoms with Crippen molar-refractivity contribution in [3.05, 3.63) is 34.1 Å². The number of hydrogen-bond acceptors (Lipinski definition) is 3. The SMILES string of the molecule is NCCN(CCO)Cc1cc(Br)ccc1F. The molecule has 16 heavy (non-hydrogen) atoms. The van der Waals surface area contributed by atoms with E-state index in [1.807, 2.05) is 4.90 Å². The van der Waals surface area contributed by atoms with Crippen LogP contribution in [0.5, 0.6) is 0 Å². The Morgan fingerprint density at radius 1 is 1.38 bits per heavy atom. The van der Waals surface area contributed by atoms with Gasteiger partial charge >= 0.3 is 0 Å². The highest BCUT2D eigenvalue weighted by Crippen LogP contribution is 2.17. The van der Waals surface area contributed by atoms with Gasteiger partial charge in [-0.3, -0.25) is 4.90 Å². The van der Waals surface area contributed by atoms with Crippen molar-refractivity contribution in [3.8, 4) is 0 Å². The molecule has 1 aromatic carbocycles. The molecule has 0 fully saturated rings. The Hall–Kier alpha value is -0.490. The van der Waals surface area contributed by atoms with E-state index >= 15 is 0 Å². The van der Waals surface area contributed by atoms with Gasteiger partial charge in [0, 0.05) is 36.2 Å². The summed E-state index contributed by atoms with van der Waals surface area (Å²) in [5.41, 5.74) is 6.06. The fourth-order valence-corrected chi connectivity index (χ4v) is 1.91. The molecule has 0 aliphatic rings. The molecule has 0 saturated carbocycles. The second-order valence-corrected chi connectivity index (χ2v) is 4.44. The number of halogens is 2. The van der Waals surface area contributed by atoms with Crippen molar-refractivity contribution in [1.82, 2.24) is 4.90 Å². The van der Waals surface area contributed by atoms with E-state index in [0.717, 1.165) is 4.47 Å². The molecule has 1 rings (SSSR count). The van der Waals surface area contributed by atoms with Crippen LogP contribution in [0.4, 0.5) is 4.39 Å². The van der Waals surface area contributed by atoms with Crippen molar-refractivity contribution in [2.75, 3.05) is 26.2 Å². The second-order valence-electron chi connectivity index (χ2n) is 3.52. The van der Waals surface area contributed by atoms with E-state index in [0.29, 0.717) is 31.7 Å². The fourth-order valence-electron chi connectivity index (χ4n) is 1.50. The summed E-state index contributed by atoms with van der Waals surface area (Å²) >= 11 is 3.30. The van der Waals surface area contributed by atoms with Crippen LogP contribution in [0.25, 0.3) is 0 Å². The zero-order valence-electron chi connectivity index (χ0n) is 9.00. The monoisotopic (exact) mass is 290 g/mol. The van der Waals surface area contributed by atoms with Gasteiger partial charge in [0.05, 0.1) is 6.61 Å². The molecule has 3 nitrogen and oxygen atoms in total. The van der Waals surface area contributed by atoms with E-state index in [-0.39, 0.29) is 12.4 Å². The van der Waals surface area contributed by atoms with Gasteiger partial charge in [0.25, 0.3) is 0 Å². The van der Waals surface area contributed by atoms with Crippen LogP contribution in [-0.4, -0.2) is 36.2 Å². The summed E-state index contributed by atoms with van der Waals surface area (Å²) in [6.45, 7) is 2.16. The summed E-state index contributed by atoms with van der Waals surface area (Å²) in [6, 6.07) is 4.84. The molecule has 0 spiro atoms. The molecular weight excluding hydrogens is 275 g/mol. The Bertz CT molecular complexity index is 330. The van der Waals surface area contributed by atoms with Crippen molar-refractivity contribution in [2.24, 2.45) is 5.73 Å². The number of aliphatic hydroxyl groups is 1. The Morgan fingerprint density at radius 3 is 2.75 bits per heavy atom. The van der Waals surface area contributed by atoms with E-state index in [1.54, 1.807) is 12.1 Å². The summed E-state index contributed by atoms with van der Waals surface area (Å²) in [5.74, 6) is -0.233. The van der Waals surface area contributed by atoms with Crippen molar-refractivity contribution in [3.63, 3.8) is 0 Å². The molecule has 0 aliphatic heterocycles. The van der Waals surface area contributed by atoms with Gasteiger partial charge in [0.2, 0.25) is 0 Å². The van der Waals surface area contributed by atoms with Crippen molar-refractivity contribution in [1.29, 1.82) is 0 Å². The van der Waals surface area contributed by atoms with Crippen LogP contribution < -0.4 is 5.73 Å². The number of hydrogen-bond donors (Lipinski definition) is 2. The number of nitrogens with two attached hydrogens (primary N) is 1. The lowest BCUT2D eigenvalue weighted by Gasteiger charge is -2.20. The van der Waals surface area contributed by atoms with E-state index in [1.165, 1.54) is 6.07 Å². The van der Waals surface area contributed by atoms with Crippen LogP contribution in [0.3, 0.4) is 0 Å². The van der Waals surface area contributed by atoms with Crippen molar-refractivity contribution >= 4 is 15.9 Å². The number of aliphatic hydroxyl groups excluding tert-OH is 1. The average molecular weight is 291 g/mol. The first kappa shape index (κ1) is 13.6. The molecule has 0 bridgehead atoms. The lowest BCUT2D eigenvalue weighted by Crippen LogP contribution is -2.31. The molecular formula is C11H16BrFN2O. The molecule has 3 N–H and O–H groups in total. The van der Waals surface area contributed by atoms with Crippen LogP contribution in [0.1, 0.15) is 5.56 Å². The number of benzene rings is 1. The van der Waals surface area contributed by atoms with Crippen LogP contribution >= 0.6 is 15.9 Å². The first-order valence-electron chi connectivity index (χ1n) is 5.14. The zero-order valence-corrected chi connectivity index (χ0v) is 10.6. The van der Waals surface area contributed by atoms with E-state index in [2.05, 4.69) is 15.9 Å². The maximum Gasteiger partial charge on any atom is 0.127 e. The van der Waals surface area contributed by atoms with Gasteiger partial charge in [-0.15, -0.1) is 0 Å². The van der Waals surface area contributed by atoms with Gasteiger partial charge < -0.3 is 10.8 Å². The summed E-state index contributed by atoms with van der Waals surface area (Å²) in [6.07, 6.45) is 0. The van der Waals surface area contributed by atoms with Crippen LogP contribution in [0.2, 0.25) is 0 Å². The van der Waals surface area contributed by atoms with Gasteiger partial charge in [0.1, 0.15) is 5.82 Å². The van der Waals surface area contributed by atoms with Gasteiger partial charge in [0.15, 0.2) is 0 Å². The van der Waals surface area contributed by atoms with Crippen molar-refractivity contribution in [2.45, 2.75) is 6.54 Å². The molecule has 0 heterocycles. The lowest BCUT2D eigenvalue weighted by molar-refractivity contribution is 0.192. The summed E-state index contributed by atoms with van der Waals surface area (Å²) in [5, 5.41) is 8.88.